The van der Waals surface area contributed by atoms with Crippen LogP contribution in [-0.4, -0.2) is 39.3 Å². The van der Waals surface area contributed by atoms with Gasteiger partial charge in [0, 0.05) is 19.3 Å². The van der Waals surface area contributed by atoms with Gasteiger partial charge in [-0.2, -0.15) is 0 Å². The Labute approximate surface area is 176 Å². The lowest BCUT2D eigenvalue weighted by atomic mass is 9.86. The number of carbonyl (C=O) groups is 2. The number of ketones is 1. The third-order valence-electron chi connectivity index (χ3n) is 6.17. The van der Waals surface area contributed by atoms with E-state index in [1.54, 1.807) is 0 Å². The Bertz CT molecular complexity index is 488. The first-order chi connectivity index (χ1) is 14.0. The van der Waals surface area contributed by atoms with Crippen LogP contribution in [0.3, 0.4) is 0 Å². The van der Waals surface area contributed by atoms with Gasteiger partial charge < -0.3 is 15.3 Å². The van der Waals surface area contributed by atoms with E-state index in [-0.39, 0.29) is 24.0 Å². The maximum Gasteiger partial charge on any atom is 0.303 e. The summed E-state index contributed by atoms with van der Waals surface area (Å²) in [7, 11) is 0. The maximum atomic E-state index is 12.2. The quantitative estimate of drug-likeness (QED) is 0.231. The second-order valence-electron chi connectivity index (χ2n) is 8.64. The van der Waals surface area contributed by atoms with Gasteiger partial charge in [0.25, 0.3) is 0 Å². The highest BCUT2D eigenvalue weighted by molar-refractivity contribution is 5.78. The Morgan fingerprint density at radius 1 is 0.828 bits per heavy atom. The Balaban J connectivity index is 2.27. The number of carboxylic acids is 1. The number of carboxylic acid groups (broad SMARTS) is 1. The van der Waals surface area contributed by atoms with Crippen molar-refractivity contribution >= 4 is 11.8 Å². The summed E-state index contributed by atoms with van der Waals surface area (Å²) < 4.78 is 0. The number of hydrogen-bond acceptors (Lipinski definition) is 4. The molecule has 168 valence electrons. The molecule has 0 spiro atoms. The lowest BCUT2D eigenvalue weighted by Gasteiger charge is -2.22. The number of hydrogen-bond donors (Lipinski definition) is 3. The van der Waals surface area contributed by atoms with Crippen LogP contribution in [0, 0.1) is 11.8 Å². The molecule has 0 amide bonds. The zero-order valence-corrected chi connectivity index (χ0v) is 18.2. The summed E-state index contributed by atoms with van der Waals surface area (Å²) in [5.41, 5.74) is 0. The van der Waals surface area contributed by atoms with Gasteiger partial charge in [0.1, 0.15) is 5.78 Å². The second kappa shape index (κ2) is 15.6. The maximum absolute atomic E-state index is 12.2. The van der Waals surface area contributed by atoms with Crippen molar-refractivity contribution < 1.29 is 24.9 Å². The number of allylic oxidation sites excluding steroid dienone is 2. The SMILES string of the molecule is CCCCCCCC(=O)CC[C@@H]1[C@@H](C/C=C\CCCCCC(=O)O)[C@@H](O)C[C@H]1O. The van der Waals surface area contributed by atoms with Crippen molar-refractivity contribution in [2.24, 2.45) is 11.8 Å². The second-order valence-corrected chi connectivity index (χ2v) is 8.64. The Hall–Kier alpha value is -1.20. The molecule has 0 unspecified atom stereocenters. The standard InChI is InChI=1S/C24H42O5/c1-2-3-4-7-10-13-19(25)16-17-21-20(22(26)18-23(21)27)14-11-8-5-6-9-12-15-24(28)29/h8,11,20-23,26-27H,2-7,9-10,12-18H2,1H3,(H,28,29)/b11-8-/t20-,21-,22+,23-/m1/s1. The summed E-state index contributed by atoms with van der Waals surface area (Å²) in [6.07, 6.45) is 15.5. The Morgan fingerprint density at radius 3 is 2.21 bits per heavy atom. The number of rotatable bonds is 17. The van der Waals surface area contributed by atoms with Gasteiger partial charge in [0.2, 0.25) is 0 Å². The topological polar surface area (TPSA) is 94.8 Å². The predicted octanol–water partition coefficient (Wildman–Crippen LogP) is 5.04. The molecule has 3 N–H and O–H groups in total. The highest BCUT2D eigenvalue weighted by Gasteiger charge is 2.40. The summed E-state index contributed by atoms with van der Waals surface area (Å²) in [5.74, 6) is -0.444. The molecule has 5 nitrogen and oxygen atoms in total. The first-order valence-electron chi connectivity index (χ1n) is 11.7. The van der Waals surface area contributed by atoms with E-state index in [9.17, 15) is 19.8 Å². The molecule has 0 aliphatic heterocycles. The number of carbonyl (C=O) groups excluding carboxylic acids is 1. The molecule has 0 aromatic rings. The smallest absolute Gasteiger partial charge is 0.303 e. The molecular weight excluding hydrogens is 368 g/mol. The van der Waals surface area contributed by atoms with Crippen molar-refractivity contribution in [2.45, 2.75) is 115 Å². The minimum atomic E-state index is -0.740. The van der Waals surface area contributed by atoms with Gasteiger partial charge in [0.05, 0.1) is 12.2 Å². The van der Waals surface area contributed by atoms with Crippen LogP contribution in [0.4, 0.5) is 0 Å². The van der Waals surface area contributed by atoms with E-state index >= 15 is 0 Å². The molecule has 0 bridgehead atoms. The van der Waals surface area contributed by atoms with Gasteiger partial charge in [-0.25, -0.2) is 0 Å². The zero-order chi connectivity index (χ0) is 21.5. The minimum absolute atomic E-state index is 0.00532. The van der Waals surface area contributed by atoms with E-state index in [2.05, 4.69) is 19.1 Å². The van der Waals surface area contributed by atoms with Gasteiger partial charge in [-0.15, -0.1) is 0 Å². The van der Waals surface area contributed by atoms with Crippen LogP contribution in [-0.2, 0) is 9.59 Å². The van der Waals surface area contributed by atoms with Crippen LogP contribution in [0.25, 0.3) is 0 Å². The van der Waals surface area contributed by atoms with Gasteiger partial charge in [-0.1, -0.05) is 51.2 Å². The number of unbranched alkanes of at least 4 members (excludes halogenated alkanes) is 7. The summed E-state index contributed by atoms with van der Waals surface area (Å²) in [6, 6.07) is 0. The van der Waals surface area contributed by atoms with Gasteiger partial charge in [-0.05, 0) is 56.8 Å². The molecule has 1 fully saturated rings. The van der Waals surface area contributed by atoms with Gasteiger partial charge in [0.15, 0.2) is 0 Å². The van der Waals surface area contributed by atoms with Crippen LogP contribution < -0.4 is 0 Å². The average molecular weight is 411 g/mol. The number of aliphatic hydroxyl groups excluding tert-OH is 2. The number of Topliss-reactive ketones (excluding diaryl/α,β-unsaturated/α-hetero) is 1. The first-order valence-corrected chi connectivity index (χ1v) is 11.7. The molecule has 0 saturated heterocycles. The predicted molar refractivity (Wildman–Crippen MR) is 116 cm³/mol. The summed E-state index contributed by atoms with van der Waals surface area (Å²) in [6.45, 7) is 2.18. The molecule has 0 heterocycles. The van der Waals surface area contributed by atoms with E-state index < -0.39 is 18.2 Å². The van der Waals surface area contributed by atoms with Crippen LogP contribution in [0.1, 0.15) is 103 Å². The van der Waals surface area contributed by atoms with Crippen molar-refractivity contribution in [3.8, 4) is 0 Å². The van der Waals surface area contributed by atoms with Crippen molar-refractivity contribution in [1.29, 1.82) is 0 Å². The molecule has 0 radical (unpaired) electrons. The Morgan fingerprint density at radius 2 is 1.48 bits per heavy atom. The summed E-state index contributed by atoms with van der Waals surface area (Å²) in [5, 5.41) is 29.2. The van der Waals surface area contributed by atoms with E-state index in [1.165, 1.54) is 19.3 Å². The van der Waals surface area contributed by atoms with E-state index in [4.69, 9.17) is 5.11 Å². The van der Waals surface area contributed by atoms with Crippen LogP contribution in [0.15, 0.2) is 12.2 Å². The molecule has 0 aromatic carbocycles. The third-order valence-corrected chi connectivity index (χ3v) is 6.17. The summed E-state index contributed by atoms with van der Waals surface area (Å²) in [4.78, 5) is 22.6. The van der Waals surface area contributed by atoms with Crippen molar-refractivity contribution in [2.75, 3.05) is 0 Å². The van der Waals surface area contributed by atoms with Crippen molar-refractivity contribution in [3.05, 3.63) is 12.2 Å². The average Bonchev–Trinajstić information content (AvgIpc) is 2.94. The normalized spacial score (nSPS) is 24.4. The fourth-order valence-corrected chi connectivity index (χ4v) is 4.37. The van der Waals surface area contributed by atoms with E-state index in [1.807, 2.05) is 0 Å². The number of aliphatic carboxylic acids is 1. The molecule has 0 aromatic heterocycles. The highest BCUT2D eigenvalue weighted by atomic mass is 16.4. The molecular formula is C24H42O5. The monoisotopic (exact) mass is 410 g/mol. The third kappa shape index (κ3) is 11.5. The van der Waals surface area contributed by atoms with Crippen LogP contribution in [0.5, 0.6) is 0 Å². The van der Waals surface area contributed by atoms with Crippen molar-refractivity contribution in [1.82, 2.24) is 0 Å². The molecule has 1 aliphatic rings. The van der Waals surface area contributed by atoms with E-state index in [0.29, 0.717) is 32.1 Å². The summed E-state index contributed by atoms with van der Waals surface area (Å²) >= 11 is 0. The number of aliphatic hydroxyl groups is 2. The molecule has 1 saturated carbocycles. The molecule has 4 atom stereocenters. The van der Waals surface area contributed by atoms with Gasteiger partial charge in [-0.3, -0.25) is 9.59 Å². The molecule has 5 heteroatoms. The lowest BCUT2D eigenvalue weighted by molar-refractivity contribution is -0.137. The first kappa shape index (κ1) is 25.8. The van der Waals surface area contributed by atoms with Crippen LogP contribution >= 0.6 is 0 Å². The Kier molecular flexibility index (Phi) is 13.9. The minimum Gasteiger partial charge on any atom is -0.481 e. The molecule has 1 aliphatic carbocycles. The lowest BCUT2D eigenvalue weighted by Crippen LogP contribution is -2.22. The highest BCUT2D eigenvalue weighted by Crippen LogP contribution is 2.38. The van der Waals surface area contributed by atoms with E-state index in [0.717, 1.165) is 38.5 Å². The molecule has 29 heavy (non-hydrogen) atoms. The van der Waals surface area contributed by atoms with Gasteiger partial charge >= 0.3 is 5.97 Å². The molecule has 1 rings (SSSR count). The zero-order valence-electron chi connectivity index (χ0n) is 18.2. The largest absolute Gasteiger partial charge is 0.481 e. The fraction of sp³-hybridized carbons (Fsp3) is 0.833. The van der Waals surface area contributed by atoms with Crippen molar-refractivity contribution in [3.63, 3.8) is 0 Å². The van der Waals surface area contributed by atoms with Crippen LogP contribution in [0.2, 0.25) is 0 Å². The fourth-order valence-electron chi connectivity index (χ4n) is 4.37.